The van der Waals surface area contributed by atoms with Gasteiger partial charge >= 0.3 is 15.6 Å². The highest BCUT2D eigenvalue weighted by Crippen LogP contribution is 2.71. The van der Waals surface area contributed by atoms with Crippen molar-refractivity contribution in [1.82, 2.24) is 0 Å². The summed E-state index contributed by atoms with van der Waals surface area (Å²) in [5, 5.41) is 0. The van der Waals surface area contributed by atoms with Gasteiger partial charge in [0.05, 0.1) is 14.2 Å². The molecule has 0 spiro atoms. The van der Waals surface area contributed by atoms with Crippen molar-refractivity contribution in [2.45, 2.75) is 30.0 Å². The number of rotatable bonds is 9. The molecular weight excluding hydrogens is 557 g/mol. The molecule has 4 rings (SSSR count). The van der Waals surface area contributed by atoms with Crippen LogP contribution in [0, 0.1) is 0 Å². The predicted octanol–water partition coefficient (Wildman–Crippen LogP) is 7.92. The zero-order valence-electron chi connectivity index (χ0n) is 20.2. The predicted molar refractivity (Wildman–Crippen MR) is 141 cm³/mol. The number of benzene rings is 4. The molecule has 200 valence electrons. The van der Waals surface area contributed by atoms with Crippen LogP contribution >= 0.6 is 22.1 Å². The van der Waals surface area contributed by atoms with Crippen molar-refractivity contribution in [3.8, 4) is 11.5 Å². The molecule has 5 nitrogen and oxygen atoms in total. The summed E-state index contributed by atoms with van der Waals surface area (Å²) in [6, 6.07) is 28.4. The van der Waals surface area contributed by atoms with Gasteiger partial charge in [-0.05, 0) is 95.2 Å². The van der Waals surface area contributed by atoms with Gasteiger partial charge in [0.15, 0.2) is 0 Å². The first-order chi connectivity index (χ1) is 18.1. The van der Waals surface area contributed by atoms with Gasteiger partial charge in [-0.1, -0.05) is 30.0 Å². The van der Waals surface area contributed by atoms with Crippen molar-refractivity contribution < 1.29 is 34.7 Å². The zero-order valence-corrected chi connectivity index (χ0v) is 22.7. The van der Waals surface area contributed by atoms with E-state index >= 15 is 0 Å². The van der Waals surface area contributed by atoms with E-state index in [0.717, 1.165) is 9.79 Å². The second kappa shape index (κ2) is 11.3. The Morgan fingerprint density at radius 3 is 1.39 bits per heavy atom. The molecule has 0 radical (unpaired) electrons. The monoisotopic (exact) mass is 580 g/mol. The standard InChI is InChI=1S/C27H23F3O5S3/c1-33-20-8-14-24(15-9-20)37(35-38(31,32)27(28,29)30,25-16-10-21(34-2)11-17-25)26-18-12-23(13-19-26)36-22-6-4-3-5-7-22/h3-19H,1-2H3. The van der Waals surface area contributed by atoms with Crippen LogP contribution in [0.15, 0.2) is 128 Å². The smallest absolute Gasteiger partial charge is 0.497 e. The Morgan fingerprint density at radius 1 is 0.605 bits per heavy atom. The van der Waals surface area contributed by atoms with Gasteiger partial charge in [0, 0.05) is 24.5 Å². The van der Waals surface area contributed by atoms with E-state index in [-0.39, 0.29) is 14.7 Å². The van der Waals surface area contributed by atoms with Crippen LogP contribution < -0.4 is 9.47 Å². The van der Waals surface area contributed by atoms with E-state index in [1.807, 2.05) is 30.3 Å². The van der Waals surface area contributed by atoms with Gasteiger partial charge in [0.1, 0.15) is 11.5 Å². The molecule has 0 N–H and O–H groups in total. The highest BCUT2D eigenvalue weighted by atomic mass is 32.3. The Morgan fingerprint density at radius 2 is 1.00 bits per heavy atom. The highest BCUT2D eigenvalue weighted by molar-refractivity contribution is 8.33. The SMILES string of the molecule is COc1ccc(S(OS(=O)(=O)C(F)(F)F)(c2ccc(OC)cc2)c2ccc(Sc3ccccc3)cc2)cc1. The van der Waals surface area contributed by atoms with Crippen LogP contribution in [0.3, 0.4) is 0 Å². The van der Waals surface area contributed by atoms with Crippen LogP contribution in [0.4, 0.5) is 13.2 Å². The summed E-state index contributed by atoms with van der Waals surface area (Å²) in [5.41, 5.74) is -5.63. The van der Waals surface area contributed by atoms with Crippen LogP contribution in [0.1, 0.15) is 0 Å². The maximum atomic E-state index is 13.7. The second-order valence-electron chi connectivity index (χ2n) is 7.76. The molecular formula is C27H23F3O5S3. The molecule has 38 heavy (non-hydrogen) atoms. The van der Waals surface area contributed by atoms with Crippen LogP contribution in [0.25, 0.3) is 0 Å². The summed E-state index contributed by atoms with van der Waals surface area (Å²) in [4.78, 5) is 2.52. The first-order valence-corrected chi connectivity index (χ1v) is 14.8. The minimum absolute atomic E-state index is 0.236. The Hall–Kier alpha value is -3.12. The maximum absolute atomic E-state index is 13.7. The Bertz CT molecular complexity index is 1410. The Labute approximate surface area is 225 Å². The summed E-state index contributed by atoms with van der Waals surface area (Å²) in [6.07, 6.45) is 0. The number of halogens is 3. The van der Waals surface area contributed by atoms with Gasteiger partial charge < -0.3 is 9.47 Å². The van der Waals surface area contributed by atoms with Gasteiger partial charge in [0.25, 0.3) is 0 Å². The fraction of sp³-hybridized carbons (Fsp3) is 0.111. The van der Waals surface area contributed by atoms with E-state index in [0.29, 0.717) is 11.5 Å². The van der Waals surface area contributed by atoms with E-state index in [2.05, 4.69) is 0 Å². The molecule has 0 aliphatic carbocycles. The molecule has 0 amide bonds. The number of hydrogen-bond acceptors (Lipinski definition) is 6. The number of alkyl halides is 3. The third-order valence-electron chi connectivity index (χ3n) is 5.39. The average molecular weight is 581 g/mol. The summed E-state index contributed by atoms with van der Waals surface area (Å²) < 4.78 is 82.0. The number of methoxy groups -OCH3 is 2. The van der Waals surface area contributed by atoms with Crippen LogP contribution in [-0.4, -0.2) is 28.1 Å². The minimum atomic E-state index is -6.02. The van der Waals surface area contributed by atoms with Crippen LogP contribution in [0.5, 0.6) is 11.5 Å². The normalized spacial score (nSPS) is 12.7. The van der Waals surface area contributed by atoms with Crippen LogP contribution in [0.2, 0.25) is 0 Å². The van der Waals surface area contributed by atoms with Crippen molar-refractivity contribution in [2.24, 2.45) is 0 Å². The third kappa shape index (κ3) is 5.80. The maximum Gasteiger partial charge on any atom is 0.524 e. The van der Waals surface area contributed by atoms with Crippen molar-refractivity contribution >= 4 is 32.2 Å². The van der Waals surface area contributed by atoms with Gasteiger partial charge in [-0.25, -0.2) is 0 Å². The van der Waals surface area contributed by atoms with Crippen molar-refractivity contribution in [3.05, 3.63) is 103 Å². The van der Waals surface area contributed by atoms with Crippen LogP contribution in [-0.2, 0) is 13.7 Å². The lowest BCUT2D eigenvalue weighted by Gasteiger charge is -2.39. The zero-order chi connectivity index (χ0) is 27.4. The van der Waals surface area contributed by atoms with Gasteiger partial charge in [-0.2, -0.15) is 25.2 Å². The fourth-order valence-corrected chi connectivity index (χ4v) is 9.10. The Balaban J connectivity index is 1.94. The van der Waals surface area contributed by atoms with E-state index in [1.165, 1.54) is 50.2 Å². The highest BCUT2D eigenvalue weighted by Gasteiger charge is 2.52. The van der Waals surface area contributed by atoms with Gasteiger partial charge in [0.2, 0.25) is 0 Å². The lowest BCUT2D eigenvalue weighted by atomic mass is 10.3. The molecule has 0 saturated heterocycles. The summed E-state index contributed by atoms with van der Waals surface area (Å²) in [7, 11) is -6.56. The molecule has 0 aliphatic heterocycles. The molecule has 4 aromatic rings. The fourth-order valence-electron chi connectivity index (χ4n) is 3.56. The van der Waals surface area contributed by atoms with Crippen molar-refractivity contribution in [3.63, 3.8) is 0 Å². The second-order valence-corrected chi connectivity index (χ2v) is 13.4. The van der Waals surface area contributed by atoms with E-state index in [9.17, 15) is 21.6 Å². The van der Waals surface area contributed by atoms with Gasteiger partial charge in [-0.3, -0.25) is 0 Å². The minimum Gasteiger partial charge on any atom is -0.497 e. The third-order valence-corrected chi connectivity index (χ3v) is 11.3. The molecule has 0 saturated carbocycles. The number of ether oxygens (including phenoxy) is 2. The summed E-state index contributed by atoms with van der Waals surface area (Å²) in [6.45, 7) is 0. The quantitative estimate of drug-likeness (QED) is 0.188. The molecule has 0 heterocycles. The lowest BCUT2D eigenvalue weighted by molar-refractivity contribution is -0.0496. The molecule has 4 aromatic carbocycles. The Kier molecular flexibility index (Phi) is 8.31. The molecule has 0 aromatic heterocycles. The number of hydrogen-bond donors (Lipinski definition) is 0. The van der Waals surface area contributed by atoms with E-state index in [1.54, 1.807) is 48.5 Å². The first-order valence-electron chi connectivity index (χ1n) is 11.1. The van der Waals surface area contributed by atoms with E-state index < -0.39 is 25.9 Å². The van der Waals surface area contributed by atoms with E-state index in [4.69, 9.17) is 13.1 Å². The van der Waals surface area contributed by atoms with Gasteiger partial charge in [-0.15, -0.1) is 0 Å². The first kappa shape index (κ1) is 27.9. The molecule has 0 fully saturated rings. The van der Waals surface area contributed by atoms with Crippen molar-refractivity contribution in [2.75, 3.05) is 14.2 Å². The largest absolute Gasteiger partial charge is 0.524 e. The lowest BCUT2D eigenvalue weighted by Crippen LogP contribution is -2.27. The molecule has 0 atom stereocenters. The van der Waals surface area contributed by atoms with Crippen molar-refractivity contribution in [1.29, 1.82) is 0 Å². The molecule has 11 heteroatoms. The molecule has 0 bridgehead atoms. The summed E-state index contributed by atoms with van der Waals surface area (Å²) in [5.74, 6) is 0.898. The molecule has 0 aliphatic rings. The molecule has 0 unspecified atom stereocenters. The summed E-state index contributed by atoms with van der Waals surface area (Å²) >= 11 is 1.46. The topological polar surface area (TPSA) is 61.8 Å². The average Bonchev–Trinajstić information content (AvgIpc) is 2.92.